The highest BCUT2D eigenvalue weighted by atomic mass is 16.6. The lowest BCUT2D eigenvalue weighted by molar-refractivity contribution is -0.385. The Morgan fingerprint density at radius 2 is 2.17 bits per heavy atom. The Kier molecular flexibility index (Phi) is 2.88. The Balaban J connectivity index is 1.99. The molecule has 1 aromatic carbocycles. The average Bonchev–Trinajstić information content (AvgIpc) is 3.23. The number of hydrogen-bond acceptors (Lipinski definition) is 3. The summed E-state index contributed by atoms with van der Waals surface area (Å²) in [6.45, 7) is 1.88. The SMILES string of the molecule is O=[N+]([O-])c1ccc(C2=CCNCC2)cc1C1CC1. The minimum absolute atomic E-state index is 0.256. The van der Waals surface area contributed by atoms with Crippen LogP contribution in [0.25, 0.3) is 5.57 Å². The maximum absolute atomic E-state index is 11.0. The van der Waals surface area contributed by atoms with Gasteiger partial charge in [0.05, 0.1) is 4.92 Å². The van der Waals surface area contributed by atoms with Crippen LogP contribution in [0.15, 0.2) is 24.3 Å². The first-order chi connectivity index (χ1) is 8.75. The van der Waals surface area contributed by atoms with Crippen LogP contribution in [0.3, 0.4) is 0 Å². The molecule has 0 bridgehead atoms. The van der Waals surface area contributed by atoms with Crippen molar-refractivity contribution in [1.82, 2.24) is 5.32 Å². The van der Waals surface area contributed by atoms with Gasteiger partial charge in [0.15, 0.2) is 0 Å². The summed E-state index contributed by atoms with van der Waals surface area (Å²) in [5, 5.41) is 14.3. The second-order valence-electron chi connectivity index (χ2n) is 4.99. The third-order valence-corrected chi connectivity index (χ3v) is 3.68. The van der Waals surface area contributed by atoms with Crippen molar-refractivity contribution in [2.24, 2.45) is 0 Å². The number of rotatable bonds is 3. The molecule has 94 valence electrons. The van der Waals surface area contributed by atoms with Gasteiger partial charge in [-0.1, -0.05) is 6.08 Å². The van der Waals surface area contributed by atoms with Crippen LogP contribution in [0.1, 0.15) is 36.3 Å². The Labute approximate surface area is 106 Å². The molecule has 1 N–H and O–H groups in total. The third kappa shape index (κ3) is 2.16. The lowest BCUT2D eigenvalue weighted by atomic mass is 9.96. The lowest BCUT2D eigenvalue weighted by Gasteiger charge is -2.15. The summed E-state index contributed by atoms with van der Waals surface area (Å²) in [6.07, 6.45) is 5.36. The van der Waals surface area contributed by atoms with Gasteiger partial charge in [-0.15, -0.1) is 0 Å². The minimum Gasteiger partial charge on any atom is -0.313 e. The summed E-state index contributed by atoms with van der Waals surface area (Å²) in [5.41, 5.74) is 3.68. The van der Waals surface area contributed by atoms with Gasteiger partial charge in [-0.2, -0.15) is 0 Å². The van der Waals surface area contributed by atoms with Crippen LogP contribution in [0.5, 0.6) is 0 Å². The summed E-state index contributed by atoms with van der Waals surface area (Å²) >= 11 is 0. The molecule has 3 rings (SSSR count). The van der Waals surface area contributed by atoms with Gasteiger partial charge >= 0.3 is 0 Å². The molecule has 0 saturated heterocycles. The summed E-state index contributed by atoms with van der Waals surface area (Å²) < 4.78 is 0. The van der Waals surface area contributed by atoms with Crippen LogP contribution in [-0.2, 0) is 0 Å². The van der Waals surface area contributed by atoms with E-state index in [0.717, 1.165) is 43.5 Å². The second-order valence-corrected chi connectivity index (χ2v) is 4.99. The van der Waals surface area contributed by atoms with Crippen molar-refractivity contribution in [3.63, 3.8) is 0 Å². The molecule has 0 unspecified atom stereocenters. The van der Waals surface area contributed by atoms with Crippen LogP contribution in [-0.4, -0.2) is 18.0 Å². The van der Waals surface area contributed by atoms with Crippen molar-refractivity contribution in [3.05, 3.63) is 45.5 Å². The van der Waals surface area contributed by atoms with Crippen LogP contribution in [0.2, 0.25) is 0 Å². The molecule has 4 nitrogen and oxygen atoms in total. The van der Waals surface area contributed by atoms with Crippen molar-refractivity contribution in [2.45, 2.75) is 25.2 Å². The third-order valence-electron chi connectivity index (χ3n) is 3.68. The molecule has 1 aromatic rings. The summed E-state index contributed by atoms with van der Waals surface area (Å²) in [5.74, 6) is 0.410. The second kappa shape index (κ2) is 4.53. The minimum atomic E-state index is -0.256. The van der Waals surface area contributed by atoms with E-state index < -0.39 is 0 Å². The topological polar surface area (TPSA) is 55.2 Å². The van der Waals surface area contributed by atoms with Gasteiger partial charge in [0, 0.05) is 18.2 Å². The molecule has 18 heavy (non-hydrogen) atoms. The van der Waals surface area contributed by atoms with Crippen LogP contribution in [0, 0.1) is 10.1 Å². The molecule has 0 amide bonds. The van der Waals surface area contributed by atoms with Crippen LogP contribution < -0.4 is 5.32 Å². The zero-order valence-corrected chi connectivity index (χ0v) is 10.2. The highest BCUT2D eigenvalue weighted by molar-refractivity contribution is 5.69. The van der Waals surface area contributed by atoms with Crippen molar-refractivity contribution < 1.29 is 4.92 Å². The quantitative estimate of drug-likeness (QED) is 0.657. The molecule has 1 aliphatic heterocycles. The number of nitrogens with zero attached hydrogens (tertiary/aromatic N) is 1. The van der Waals surface area contributed by atoms with Gasteiger partial charge in [-0.05, 0) is 55.0 Å². The number of benzene rings is 1. The number of nitro groups is 1. The maximum atomic E-state index is 11.0. The zero-order valence-electron chi connectivity index (χ0n) is 10.2. The molecule has 1 aliphatic carbocycles. The normalized spacial score (nSPS) is 19.4. The van der Waals surface area contributed by atoms with Crippen LogP contribution >= 0.6 is 0 Å². The van der Waals surface area contributed by atoms with Gasteiger partial charge in [0.25, 0.3) is 5.69 Å². The van der Waals surface area contributed by atoms with E-state index in [9.17, 15) is 10.1 Å². The van der Waals surface area contributed by atoms with Gasteiger partial charge in [-0.3, -0.25) is 10.1 Å². The number of nitrogens with one attached hydrogen (secondary N) is 1. The molecule has 1 saturated carbocycles. The van der Waals surface area contributed by atoms with E-state index in [-0.39, 0.29) is 10.6 Å². The predicted molar refractivity (Wildman–Crippen MR) is 70.5 cm³/mol. The van der Waals surface area contributed by atoms with E-state index in [1.165, 1.54) is 5.57 Å². The molecule has 1 fully saturated rings. The highest BCUT2D eigenvalue weighted by Crippen LogP contribution is 2.45. The molecule has 0 atom stereocenters. The van der Waals surface area contributed by atoms with Crippen molar-refractivity contribution >= 4 is 11.3 Å². The molecule has 0 spiro atoms. The smallest absolute Gasteiger partial charge is 0.272 e. The van der Waals surface area contributed by atoms with E-state index in [1.54, 1.807) is 6.07 Å². The molecule has 4 heteroatoms. The fraction of sp³-hybridized carbons (Fsp3) is 0.429. The van der Waals surface area contributed by atoms with Crippen LogP contribution in [0.4, 0.5) is 5.69 Å². The molecular formula is C14H16N2O2. The maximum Gasteiger partial charge on any atom is 0.272 e. The predicted octanol–water partition coefficient (Wildman–Crippen LogP) is 2.85. The first kappa shape index (κ1) is 11.4. The highest BCUT2D eigenvalue weighted by Gasteiger charge is 2.30. The standard InChI is InChI=1S/C14H16N2O2/c17-16(18)14-4-3-12(9-13(14)11-1-2-11)10-5-7-15-8-6-10/h3-5,9,11,15H,1-2,6-8H2. The molecule has 0 aromatic heterocycles. The van der Waals surface area contributed by atoms with Crippen molar-refractivity contribution in [2.75, 3.05) is 13.1 Å². The first-order valence-corrected chi connectivity index (χ1v) is 6.44. The van der Waals surface area contributed by atoms with E-state index in [1.807, 2.05) is 12.1 Å². The fourth-order valence-electron chi connectivity index (χ4n) is 2.53. The van der Waals surface area contributed by atoms with Gasteiger partial charge in [0.1, 0.15) is 0 Å². The van der Waals surface area contributed by atoms with Crippen molar-refractivity contribution in [1.29, 1.82) is 0 Å². The molecule has 1 heterocycles. The largest absolute Gasteiger partial charge is 0.313 e. The van der Waals surface area contributed by atoms with E-state index in [4.69, 9.17) is 0 Å². The number of nitro benzene ring substituents is 1. The fourth-order valence-corrected chi connectivity index (χ4v) is 2.53. The summed E-state index contributed by atoms with van der Waals surface area (Å²) in [7, 11) is 0. The van der Waals surface area contributed by atoms with E-state index in [0.29, 0.717) is 5.92 Å². The Hall–Kier alpha value is -1.68. The zero-order chi connectivity index (χ0) is 12.5. The van der Waals surface area contributed by atoms with Gasteiger partial charge < -0.3 is 5.32 Å². The number of hydrogen-bond donors (Lipinski definition) is 1. The summed E-state index contributed by atoms with van der Waals surface area (Å²) in [4.78, 5) is 10.8. The lowest BCUT2D eigenvalue weighted by Crippen LogP contribution is -2.20. The Bertz CT molecular complexity index is 519. The Morgan fingerprint density at radius 1 is 1.33 bits per heavy atom. The molecule has 0 radical (unpaired) electrons. The van der Waals surface area contributed by atoms with Crippen molar-refractivity contribution in [3.8, 4) is 0 Å². The Morgan fingerprint density at radius 3 is 2.78 bits per heavy atom. The van der Waals surface area contributed by atoms with Gasteiger partial charge in [-0.25, -0.2) is 0 Å². The van der Waals surface area contributed by atoms with E-state index >= 15 is 0 Å². The monoisotopic (exact) mass is 244 g/mol. The molecular weight excluding hydrogens is 228 g/mol. The molecule has 2 aliphatic rings. The summed E-state index contributed by atoms with van der Waals surface area (Å²) in [6, 6.07) is 5.60. The van der Waals surface area contributed by atoms with Gasteiger partial charge in [0.2, 0.25) is 0 Å². The first-order valence-electron chi connectivity index (χ1n) is 6.44. The van der Waals surface area contributed by atoms with E-state index in [2.05, 4.69) is 11.4 Å². The average molecular weight is 244 g/mol.